The molecule has 120 valence electrons. The molecule has 2 aromatic rings. The molecule has 1 heterocycles. The predicted molar refractivity (Wildman–Crippen MR) is 90.6 cm³/mol. The van der Waals surface area contributed by atoms with Crippen LogP contribution in [-0.4, -0.2) is 34.4 Å². The van der Waals surface area contributed by atoms with E-state index in [1.54, 1.807) is 0 Å². The second-order valence-electron chi connectivity index (χ2n) is 5.99. The molecule has 0 atom stereocenters. The van der Waals surface area contributed by atoms with Gasteiger partial charge in [0.1, 0.15) is 5.75 Å². The van der Waals surface area contributed by atoms with Gasteiger partial charge in [-0.15, -0.1) is 0 Å². The van der Waals surface area contributed by atoms with Crippen LogP contribution in [0.4, 0.5) is 0 Å². The lowest BCUT2D eigenvalue weighted by Crippen LogP contribution is -2.20. The molecule has 0 fully saturated rings. The fraction of sp³-hybridized carbons (Fsp3) is 0.500. The first kappa shape index (κ1) is 16.6. The molecule has 1 aromatic heterocycles. The quantitative estimate of drug-likeness (QED) is 0.741. The first-order valence-corrected chi connectivity index (χ1v) is 8.08. The van der Waals surface area contributed by atoms with Crippen LogP contribution in [0.1, 0.15) is 39.3 Å². The van der Waals surface area contributed by atoms with Crippen molar-refractivity contribution in [1.29, 1.82) is 0 Å². The molecule has 4 heteroatoms. The molecule has 1 aromatic carbocycles. The van der Waals surface area contributed by atoms with Crippen molar-refractivity contribution in [1.82, 2.24) is 14.7 Å². The van der Waals surface area contributed by atoms with E-state index >= 15 is 0 Å². The lowest BCUT2D eigenvalue weighted by molar-refractivity contribution is 0.242. The summed E-state index contributed by atoms with van der Waals surface area (Å²) < 4.78 is 7.69. The second kappa shape index (κ2) is 7.99. The van der Waals surface area contributed by atoms with E-state index in [-0.39, 0.29) is 6.10 Å². The Bertz CT molecular complexity index is 560. The minimum absolute atomic E-state index is 0.193. The van der Waals surface area contributed by atoms with Gasteiger partial charge in [0.2, 0.25) is 0 Å². The predicted octanol–water partition coefficient (Wildman–Crippen LogP) is 3.89. The summed E-state index contributed by atoms with van der Waals surface area (Å²) in [5.74, 6) is 0.896. The Morgan fingerprint density at radius 3 is 2.55 bits per heavy atom. The molecule has 4 nitrogen and oxygen atoms in total. The van der Waals surface area contributed by atoms with Gasteiger partial charge in [-0.1, -0.05) is 13.3 Å². The molecule has 0 bridgehead atoms. The van der Waals surface area contributed by atoms with Crippen molar-refractivity contribution in [2.45, 2.75) is 46.3 Å². The average molecular weight is 301 g/mol. The third-order valence-corrected chi connectivity index (χ3v) is 3.50. The summed E-state index contributed by atoms with van der Waals surface area (Å²) in [7, 11) is 2.16. The topological polar surface area (TPSA) is 30.3 Å². The highest BCUT2D eigenvalue weighted by atomic mass is 16.5. The summed E-state index contributed by atoms with van der Waals surface area (Å²) in [5, 5.41) is 4.46. The highest BCUT2D eigenvalue weighted by Crippen LogP contribution is 2.18. The van der Waals surface area contributed by atoms with Gasteiger partial charge in [0.05, 0.1) is 17.5 Å². The van der Waals surface area contributed by atoms with Gasteiger partial charge < -0.3 is 9.64 Å². The fourth-order valence-corrected chi connectivity index (χ4v) is 2.40. The lowest BCUT2D eigenvalue weighted by atomic mass is 10.2. The fourth-order valence-electron chi connectivity index (χ4n) is 2.40. The highest BCUT2D eigenvalue weighted by Gasteiger charge is 2.08. The number of benzene rings is 1. The normalized spacial score (nSPS) is 11.4. The van der Waals surface area contributed by atoms with E-state index in [4.69, 9.17) is 4.74 Å². The molecule has 0 aliphatic rings. The third kappa shape index (κ3) is 4.60. The van der Waals surface area contributed by atoms with Gasteiger partial charge in [-0.25, -0.2) is 4.68 Å². The van der Waals surface area contributed by atoms with Crippen LogP contribution in [0.15, 0.2) is 36.5 Å². The van der Waals surface area contributed by atoms with Crippen LogP contribution in [0.2, 0.25) is 0 Å². The van der Waals surface area contributed by atoms with Crippen molar-refractivity contribution in [3.05, 3.63) is 42.2 Å². The summed E-state index contributed by atoms with van der Waals surface area (Å²) in [5.41, 5.74) is 2.27. The van der Waals surface area contributed by atoms with E-state index in [0.717, 1.165) is 24.5 Å². The van der Waals surface area contributed by atoms with Crippen molar-refractivity contribution < 1.29 is 4.74 Å². The molecular formula is C18H27N3O. The van der Waals surface area contributed by atoms with Crippen LogP contribution in [0.25, 0.3) is 5.69 Å². The lowest BCUT2D eigenvalue weighted by Gasteiger charge is -2.17. The molecule has 0 unspecified atom stereocenters. The number of rotatable bonds is 8. The Kier molecular flexibility index (Phi) is 6.01. The van der Waals surface area contributed by atoms with Gasteiger partial charge in [0.25, 0.3) is 0 Å². The molecule has 0 saturated heterocycles. The third-order valence-electron chi connectivity index (χ3n) is 3.50. The van der Waals surface area contributed by atoms with Crippen LogP contribution in [0.5, 0.6) is 5.75 Å². The highest BCUT2D eigenvalue weighted by molar-refractivity contribution is 5.38. The number of aromatic nitrogens is 2. The Balaban J connectivity index is 2.08. The zero-order valence-electron chi connectivity index (χ0n) is 14.1. The van der Waals surface area contributed by atoms with Gasteiger partial charge in [-0.3, -0.25) is 0 Å². The van der Waals surface area contributed by atoms with E-state index in [1.807, 2.05) is 36.9 Å². The van der Waals surface area contributed by atoms with Gasteiger partial charge >= 0.3 is 0 Å². The van der Waals surface area contributed by atoms with Gasteiger partial charge in [0, 0.05) is 12.7 Å². The summed E-state index contributed by atoms with van der Waals surface area (Å²) in [6, 6.07) is 10.2. The molecular weight excluding hydrogens is 274 g/mol. The minimum atomic E-state index is 0.193. The Labute approximate surface area is 133 Å². The molecule has 0 aliphatic heterocycles. The maximum atomic E-state index is 5.69. The number of hydrogen-bond acceptors (Lipinski definition) is 3. The van der Waals surface area contributed by atoms with E-state index in [9.17, 15) is 0 Å². The first-order valence-electron chi connectivity index (χ1n) is 8.08. The maximum absolute atomic E-state index is 5.69. The smallest absolute Gasteiger partial charge is 0.119 e. The van der Waals surface area contributed by atoms with Crippen LogP contribution in [-0.2, 0) is 6.54 Å². The molecule has 0 aliphatic carbocycles. The zero-order chi connectivity index (χ0) is 15.9. The van der Waals surface area contributed by atoms with Crippen molar-refractivity contribution in [2.24, 2.45) is 0 Å². The van der Waals surface area contributed by atoms with Crippen LogP contribution < -0.4 is 4.74 Å². The molecule has 0 radical (unpaired) electrons. The van der Waals surface area contributed by atoms with Crippen molar-refractivity contribution in [2.75, 3.05) is 13.6 Å². The van der Waals surface area contributed by atoms with E-state index in [1.165, 1.54) is 18.5 Å². The van der Waals surface area contributed by atoms with Crippen LogP contribution in [0.3, 0.4) is 0 Å². The Morgan fingerprint density at radius 1 is 1.18 bits per heavy atom. The van der Waals surface area contributed by atoms with E-state index < -0.39 is 0 Å². The van der Waals surface area contributed by atoms with Crippen molar-refractivity contribution >= 4 is 0 Å². The molecule has 22 heavy (non-hydrogen) atoms. The van der Waals surface area contributed by atoms with Gasteiger partial charge in [-0.05, 0) is 64.2 Å². The Morgan fingerprint density at radius 2 is 1.91 bits per heavy atom. The molecule has 0 N–H and O–H groups in total. The molecule has 0 saturated carbocycles. The monoisotopic (exact) mass is 301 g/mol. The van der Waals surface area contributed by atoms with E-state index in [0.29, 0.717) is 0 Å². The molecule has 0 amide bonds. The van der Waals surface area contributed by atoms with Gasteiger partial charge in [-0.2, -0.15) is 5.10 Å². The van der Waals surface area contributed by atoms with Gasteiger partial charge in [0.15, 0.2) is 0 Å². The number of ether oxygens (including phenoxy) is 1. The minimum Gasteiger partial charge on any atom is -0.491 e. The SMILES string of the molecule is CCCCN(C)Cc1ccnn1-c1ccc(OC(C)C)cc1. The number of hydrogen-bond donors (Lipinski definition) is 0. The molecule has 0 spiro atoms. The average Bonchev–Trinajstić information content (AvgIpc) is 2.93. The number of nitrogens with zero attached hydrogens (tertiary/aromatic N) is 3. The summed E-state index contributed by atoms with van der Waals surface area (Å²) in [6.07, 6.45) is 4.51. The number of unbranched alkanes of at least 4 members (excludes halogenated alkanes) is 1. The summed E-state index contributed by atoms with van der Waals surface area (Å²) in [4.78, 5) is 2.34. The van der Waals surface area contributed by atoms with Crippen molar-refractivity contribution in [3.63, 3.8) is 0 Å². The summed E-state index contributed by atoms with van der Waals surface area (Å²) >= 11 is 0. The largest absolute Gasteiger partial charge is 0.491 e. The standard InChI is InChI=1S/C18H27N3O/c1-5-6-13-20(4)14-17-11-12-19-21(17)16-7-9-18(10-8-16)22-15(2)3/h7-12,15H,5-6,13-14H2,1-4H3. The first-order chi connectivity index (χ1) is 10.6. The summed E-state index contributed by atoms with van der Waals surface area (Å²) in [6.45, 7) is 8.31. The maximum Gasteiger partial charge on any atom is 0.119 e. The molecule has 2 rings (SSSR count). The van der Waals surface area contributed by atoms with Crippen molar-refractivity contribution in [3.8, 4) is 11.4 Å². The van der Waals surface area contributed by atoms with Crippen LogP contribution >= 0.6 is 0 Å². The van der Waals surface area contributed by atoms with E-state index in [2.05, 4.69) is 42.2 Å². The zero-order valence-corrected chi connectivity index (χ0v) is 14.1. The second-order valence-corrected chi connectivity index (χ2v) is 5.99. The Hall–Kier alpha value is -1.81. The van der Waals surface area contributed by atoms with Crippen LogP contribution in [0, 0.1) is 0 Å².